The Labute approximate surface area is 197 Å². The van der Waals surface area contributed by atoms with Gasteiger partial charge in [-0.3, -0.25) is 4.79 Å². The van der Waals surface area contributed by atoms with Crippen molar-refractivity contribution < 1.29 is 9.18 Å². The summed E-state index contributed by atoms with van der Waals surface area (Å²) in [6, 6.07) is 14.0. The van der Waals surface area contributed by atoms with Crippen molar-refractivity contribution in [2.24, 2.45) is 0 Å². The van der Waals surface area contributed by atoms with Gasteiger partial charge in [0.15, 0.2) is 5.65 Å². The quantitative estimate of drug-likeness (QED) is 0.461. The van der Waals surface area contributed by atoms with Crippen molar-refractivity contribution in [3.63, 3.8) is 0 Å². The number of piperazine rings is 1. The second-order valence-corrected chi connectivity index (χ2v) is 8.63. The lowest BCUT2D eigenvalue weighted by molar-refractivity contribution is 0.0746. The van der Waals surface area contributed by atoms with Crippen LogP contribution in [0, 0.1) is 19.7 Å². The van der Waals surface area contributed by atoms with E-state index >= 15 is 0 Å². The molecule has 2 aromatic carbocycles. The summed E-state index contributed by atoms with van der Waals surface area (Å²) in [5.74, 6) is 1.33. The molecule has 1 saturated heterocycles. The molecule has 0 unspecified atom stereocenters. The zero-order chi connectivity index (χ0) is 23.8. The van der Waals surface area contributed by atoms with E-state index in [0.29, 0.717) is 43.8 Å². The molecular formula is C26H27FN6O. The molecule has 1 aliphatic heterocycles. The molecule has 7 nitrogen and oxygen atoms in total. The third-order valence-electron chi connectivity index (χ3n) is 6.28. The van der Waals surface area contributed by atoms with Gasteiger partial charge in [-0.15, -0.1) is 0 Å². The zero-order valence-electron chi connectivity index (χ0n) is 19.6. The molecule has 0 N–H and O–H groups in total. The van der Waals surface area contributed by atoms with Crippen molar-refractivity contribution in [1.29, 1.82) is 0 Å². The standard InChI is InChI=1S/C26H27FN6O/c1-4-22-28-24(23-18(3)30-33(25(23)29-22)21-11-9-20(27)10-12-21)31-13-15-32(16-14-31)26(34)19-7-5-17(2)6-8-19/h5-12H,4,13-16H2,1-3H3. The maximum atomic E-state index is 13.5. The maximum Gasteiger partial charge on any atom is 0.253 e. The smallest absolute Gasteiger partial charge is 0.253 e. The molecule has 0 bridgehead atoms. The number of aromatic nitrogens is 4. The first-order valence-electron chi connectivity index (χ1n) is 11.6. The van der Waals surface area contributed by atoms with Crippen LogP contribution >= 0.6 is 0 Å². The van der Waals surface area contributed by atoms with Crippen LogP contribution in [0.5, 0.6) is 0 Å². The number of nitrogens with zero attached hydrogens (tertiary/aromatic N) is 6. The normalized spacial score (nSPS) is 14.1. The third kappa shape index (κ3) is 4.00. The molecule has 34 heavy (non-hydrogen) atoms. The lowest BCUT2D eigenvalue weighted by atomic mass is 10.1. The second-order valence-electron chi connectivity index (χ2n) is 8.63. The highest BCUT2D eigenvalue weighted by molar-refractivity contribution is 5.95. The van der Waals surface area contributed by atoms with Crippen LogP contribution in [0.3, 0.4) is 0 Å². The van der Waals surface area contributed by atoms with Gasteiger partial charge in [0.2, 0.25) is 0 Å². The van der Waals surface area contributed by atoms with Crippen LogP contribution in [0.15, 0.2) is 48.5 Å². The number of carbonyl (C=O) groups is 1. The molecule has 0 spiro atoms. The van der Waals surface area contributed by atoms with Gasteiger partial charge in [0.25, 0.3) is 5.91 Å². The Balaban J connectivity index is 1.45. The molecule has 4 aromatic rings. The number of rotatable bonds is 4. The number of aryl methyl sites for hydroxylation is 3. The predicted octanol–water partition coefficient (Wildman–Crippen LogP) is 4.10. The summed E-state index contributed by atoms with van der Waals surface area (Å²) in [5.41, 5.74) is 4.13. The maximum absolute atomic E-state index is 13.5. The highest BCUT2D eigenvalue weighted by Crippen LogP contribution is 2.30. The average Bonchev–Trinajstić information content (AvgIpc) is 3.20. The minimum atomic E-state index is -0.292. The van der Waals surface area contributed by atoms with Crippen LogP contribution < -0.4 is 4.90 Å². The lowest BCUT2D eigenvalue weighted by Gasteiger charge is -2.35. The van der Waals surface area contributed by atoms with E-state index in [1.165, 1.54) is 12.1 Å². The van der Waals surface area contributed by atoms with Crippen LogP contribution in [0.2, 0.25) is 0 Å². The predicted molar refractivity (Wildman–Crippen MR) is 130 cm³/mol. The monoisotopic (exact) mass is 458 g/mol. The van der Waals surface area contributed by atoms with Crippen molar-refractivity contribution in [3.8, 4) is 5.69 Å². The molecule has 3 heterocycles. The van der Waals surface area contributed by atoms with Crippen LogP contribution in [-0.2, 0) is 6.42 Å². The summed E-state index contributed by atoms with van der Waals surface area (Å²) >= 11 is 0. The Morgan fingerprint density at radius 2 is 1.62 bits per heavy atom. The second kappa shape index (κ2) is 8.85. The van der Waals surface area contributed by atoms with E-state index in [0.717, 1.165) is 34.0 Å². The summed E-state index contributed by atoms with van der Waals surface area (Å²) < 4.78 is 15.2. The van der Waals surface area contributed by atoms with Crippen molar-refractivity contribution in [2.75, 3.05) is 31.1 Å². The van der Waals surface area contributed by atoms with Crippen molar-refractivity contribution >= 4 is 22.8 Å². The van der Waals surface area contributed by atoms with Gasteiger partial charge in [0, 0.05) is 38.2 Å². The fourth-order valence-electron chi connectivity index (χ4n) is 4.35. The van der Waals surface area contributed by atoms with Gasteiger partial charge in [0.05, 0.1) is 16.8 Å². The number of hydrogen-bond acceptors (Lipinski definition) is 5. The van der Waals surface area contributed by atoms with Gasteiger partial charge in [-0.1, -0.05) is 24.6 Å². The van der Waals surface area contributed by atoms with Crippen LogP contribution in [-0.4, -0.2) is 56.7 Å². The summed E-state index contributed by atoms with van der Waals surface area (Å²) in [4.78, 5) is 26.7. The first kappa shape index (κ1) is 22.0. The Kier molecular flexibility index (Phi) is 5.73. The number of hydrogen-bond donors (Lipinski definition) is 0. The third-order valence-corrected chi connectivity index (χ3v) is 6.28. The number of carbonyl (C=O) groups excluding carboxylic acids is 1. The molecular weight excluding hydrogens is 431 g/mol. The molecule has 5 rings (SSSR count). The lowest BCUT2D eigenvalue weighted by Crippen LogP contribution is -2.49. The SMILES string of the molecule is CCc1nc(N2CCN(C(=O)c3ccc(C)cc3)CC2)c2c(C)nn(-c3ccc(F)cc3)c2n1. The van der Waals surface area contributed by atoms with Gasteiger partial charge in [-0.05, 0) is 50.2 Å². The molecule has 0 atom stereocenters. The molecule has 8 heteroatoms. The highest BCUT2D eigenvalue weighted by atomic mass is 19.1. The summed E-state index contributed by atoms with van der Waals surface area (Å²) in [5, 5.41) is 5.60. The number of amides is 1. The fourth-order valence-corrected chi connectivity index (χ4v) is 4.35. The minimum absolute atomic E-state index is 0.0574. The zero-order valence-corrected chi connectivity index (χ0v) is 19.6. The van der Waals surface area contributed by atoms with E-state index in [1.54, 1.807) is 16.8 Å². The van der Waals surface area contributed by atoms with Gasteiger partial charge in [0.1, 0.15) is 17.5 Å². The van der Waals surface area contributed by atoms with Crippen LogP contribution in [0.1, 0.15) is 34.4 Å². The van der Waals surface area contributed by atoms with Crippen LogP contribution in [0.4, 0.5) is 10.2 Å². The van der Waals surface area contributed by atoms with Crippen LogP contribution in [0.25, 0.3) is 16.7 Å². The van der Waals surface area contributed by atoms with E-state index in [1.807, 2.05) is 49.9 Å². The van der Waals surface area contributed by atoms with E-state index < -0.39 is 0 Å². The van der Waals surface area contributed by atoms with E-state index in [-0.39, 0.29) is 11.7 Å². The van der Waals surface area contributed by atoms with E-state index in [9.17, 15) is 9.18 Å². The Morgan fingerprint density at radius 3 is 2.26 bits per heavy atom. The Bertz CT molecular complexity index is 1340. The fraction of sp³-hybridized carbons (Fsp3) is 0.308. The molecule has 0 aliphatic carbocycles. The average molecular weight is 459 g/mol. The van der Waals surface area contributed by atoms with Gasteiger partial charge in [-0.2, -0.15) is 5.10 Å². The molecule has 1 fully saturated rings. The van der Waals surface area contributed by atoms with Gasteiger partial charge < -0.3 is 9.80 Å². The first-order chi connectivity index (χ1) is 16.4. The van der Waals surface area contributed by atoms with E-state index in [2.05, 4.69) is 4.90 Å². The minimum Gasteiger partial charge on any atom is -0.352 e. The first-order valence-corrected chi connectivity index (χ1v) is 11.6. The van der Waals surface area contributed by atoms with Crippen molar-refractivity contribution in [2.45, 2.75) is 27.2 Å². The highest BCUT2D eigenvalue weighted by Gasteiger charge is 2.26. The summed E-state index contributed by atoms with van der Waals surface area (Å²) in [6.07, 6.45) is 0.683. The largest absolute Gasteiger partial charge is 0.352 e. The number of benzene rings is 2. The number of fused-ring (bicyclic) bond motifs is 1. The van der Waals surface area contributed by atoms with Crippen molar-refractivity contribution in [1.82, 2.24) is 24.6 Å². The van der Waals surface area contributed by atoms with Gasteiger partial charge in [-0.25, -0.2) is 19.0 Å². The molecule has 0 saturated carbocycles. The number of anilines is 1. The molecule has 0 radical (unpaired) electrons. The molecule has 1 aliphatic rings. The topological polar surface area (TPSA) is 67.2 Å². The molecule has 2 aromatic heterocycles. The van der Waals surface area contributed by atoms with Crippen molar-refractivity contribution in [3.05, 3.63) is 77.0 Å². The molecule has 174 valence electrons. The summed E-state index contributed by atoms with van der Waals surface area (Å²) in [7, 11) is 0. The number of halogens is 1. The Hall–Kier alpha value is -3.81. The van der Waals surface area contributed by atoms with E-state index in [4.69, 9.17) is 15.1 Å². The summed E-state index contributed by atoms with van der Waals surface area (Å²) in [6.45, 7) is 8.56. The molecule has 1 amide bonds. The van der Waals surface area contributed by atoms with Gasteiger partial charge >= 0.3 is 0 Å². The Morgan fingerprint density at radius 1 is 0.941 bits per heavy atom.